The zero-order valence-corrected chi connectivity index (χ0v) is 15.9. The van der Waals surface area contributed by atoms with Gasteiger partial charge in [-0.05, 0) is 25.1 Å². The van der Waals surface area contributed by atoms with Crippen LogP contribution < -0.4 is 5.32 Å². The lowest BCUT2D eigenvalue weighted by atomic mass is 10.1. The van der Waals surface area contributed by atoms with Crippen LogP contribution in [0.5, 0.6) is 0 Å². The lowest BCUT2D eigenvalue weighted by molar-refractivity contribution is -0.385. The van der Waals surface area contributed by atoms with E-state index in [1.807, 2.05) is 30.3 Å². The smallest absolute Gasteiger partial charge is 0.273 e. The number of nitrogens with one attached hydrogen (secondary N) is 1. The van der Waals surface area contributed by atoms with E-state index in [0.29, 0.717) is 22.6 Å². The molecule has 3 aromatic carbocycles. The van der Waals surface area contributed by atoms with E-state index < -0.39 is 10.8 Å². The third-order valence-corrected chi connectivity index (χ3v) is 4.61. The van der Waals surface area contributed by atoms with Crippen molar-refractivity contribution < 1.29 is 14.2 Å². The summed E-state index contributed by atoms with van der Waals surface area (Å²) in [5.74, 6) is 0.216. The van der Waals surface area contributed by atoms with Crippen molar-refractivity contribution in [2.75, 3.05) is 5.32 Å². The van der Waals surface area contributed by atoms with Gasteiger partial charge in [0.25, 0.3) is 17.5 Å². The predicted octanol–water partition coefficient (Wildman–Crippen LogP) is 4.87. The molecule has 0 unspecified atom stereocenters. The molecule has 1 heterocycles. The van der Waals surface area contributed by atoms with Gasteiger partial charge in [0.2, 0.25) is 5.82 Å². The highest BCUT2D eigenvalue weighted by Crippen LogP contribution is 2.29. The van der Waals surface area contributed by atoms with E-state index in [2.05, 4.69) is 15.5 Å². The van der Waals surface area contributed by atoms with Crippen LogP contribution in [0.4, 0.5) is 11.4 Å². The summed E-state index contributed by atoms with van der Waals surface area (Å²) < 4.78 is 5.41. The fourth-order valence-electron chi connectivity index (χ4n) is 3.07. The fraction of sp³-hybridized carbons (Fsp3) is 0.0455. The van der Waals surface area contributed by atoms with Gasteiger partial charge < -0.3 is 9.84 Å². The quantitative estimate of drug-likeness (QED) is 0.378. The highest BCUT2D eigenvalue weighted by Gasteiger charge is 2.20. The van der Waals surface area contributed by atoms with Gasteiger partial charge in [0.15, 0.2) is 0 Å². The Morgan fingerprint density at radius 2 is 1.73 bits per heavy atom. The van der Waals surface area contributed by atoms with E-state index in [-0.39, 0.29) is 17.1 Å². The molecule has 8 heteroatoms. The molecule has 8 nitrogen and oxygen atoms in total. The van der Waals surface area contributed by atoms with Gasteiger partial charge in [-0.1, -0.05) is 53.7 Å². The molecule has 148 valence electrons. The van der Waals surface area contributed by atoms with Crippen LogP contribution >= 0.6 is 0 Å². The van der Waals surface area contributed by atoms with Crippen LogP contribution in [0.15, 0.2) is 77.3 Å². The van der Waals surface area contributed by atoms with Crippen molar-refractivity contribution in [3.63, 3.8) is 0 Å². The van der Waals surface area contributed by atoms with Gasteiger partial charge in [-0.25, -0.2) is 0 Å². The van der Waals surface area contributed by atoms with E-state index in [0.717, 1.165) is 5.56 Å². The molecule has 4 rings (SSSR count). The molecule has 4 aromatic rings. The first kappa shape index (κ1) is 19.0. The lowest BCUT2D eigenvalue weighted by Gasteiger charge is -2.10. The van der Waals surface area contributed by atoms with Crippen molar-refractivity contribution in [2.24, 2.45) is 0 Å². The van der Waals surface area contributed by atoms with Crippen LogP contribution in [-0.4, -0.2) is 21.0 Å². The SMILES string of the molecule is Cc1c(C(=O)Nc2ccccc2-c2nc(-c3ccccc3)no2)cccc1[N+](=O)[O-]. The second kappa shape index (κ2) is 7.96. The highest BCUT2D eigenvalue weighted by atomic mass is 16.6. The van der Waals surface area contributed by atoms with Crippen LogP contribution in [0.2, 0.25) is 0 Å². The van der Waals surface area contributed by atoms with Crippen LogP contribution in [0.25, 0.3) is 22.8 Å². The minimum atomic E-state index is -0.510. The normalized spacial score (nSPS) is 10.6. The number of nitro groups is 1. The van der Waals surface area contributed by atoms with E-state index in [9.17, 15) is 14.9 Å². The lowest BCUT2D eigenvalue weighted by Crippen LogP contribution is -2.14. The Labute approximate surface area is 171 Å². The summed E-state index contributed by atoms with van der Waals surface area (Å²) in [5.41, 5.74) is 2.21. The molecule has 1 N–H and O–H groups in total. The molecule has 1 amide bonds. The Balaban J connectivity index is 1.65. The number of anilines is 1. The number of aromatic nitrogens is 2. The third kappa shape index (κ3) is 3.66. The number of amides is 1. The maximum absolute atomic E-state index is 12.8. The topological polar surface area (TPSA) is 111 Å². The first-order valence-corrected chi connectivity index (χ1v) is 9.08. The second-order valence-electron chi connectivity index (χ2n) is 6.50. The molecule has 0 fully saturated rings. The first-order chi connectivity index (χ1) is 14.5. The Morgan fingerprint density at radius 3 is 2.50 bits per heavy atom. The Morgan fingerprint density at radius 1 is 1.00 bits per heavy atom. The van der Waals surface area contributed by atoms with Crippen LogP contribution in [-0.2, 0) is 0 Å². The monoisotopic (exact) mass is 400 g/mol. The number of para-hydroxylation sites is 1. The van der Waals surface area contributed by atoms with E-state index >= 15 is 0 Å². The van der Waals surface area contributed by atoms with Crippen LogP contribution in [0, 0.1) is 17.0 Å². The minimum Gasteiger partial charge on any atom is -0.334 e. The minimum absolute atomic E-state index is 0.111. The van der Waals surface area contributed by atoms with Gasteiger partial charge in [0.1, 0.15) is 0 Å². The summed E-state index contributed by atoms with van der Waals surface area (Å²) in [6, 6.07) is 20.8. The van der Waals surface area contributed by atoms with Gasteiger partial charge in [-0.3, -0.25) is 14.9 Å². The molecule has 0 radical (unpaired) electrons. The first-order valence-electron chi connectivity index (χ1n) is 9.08. The molecule has 30 heavy (non-hydrogen) atoms. The van der Waals surface area contributed by atoms with Crippen molar-refractivity contribution in [1.29, 1.82) is 0 Å². The van der Waals surface area contributed by atoms with Crippen molar-refractivity contribution >= 4 is 17.3 Å². The summed E-state index contributed by atoms with van der Waals surface area (Å²) in [5, 5.41) is 18.0. The number of rotatable bonds is 5. The van der Waals surface area contributed by atoms with E-state index in [1.165, 1.54) is 12.1 Å². The third-order valence-electron chi connectivity index (χ3n) is 4.61. The molecular weight excluding hydrogens is 384 g/mol. The summed E-state index contributed by atoms with van der Waals surface area (Å²) in [4.78, 5) is 27.9. The van der Waals surface area contributed by atoms with E-state index in [4.69, 9.17) is 4.52 Å². The Bertz CT molecular complexity index is 1230. The zero-order chi connectivity index (χ0) is 21.1. The van der Waals surface area contributed by atoms with Crippen molar-refractivity contribution in [3.8, 4) is 22.8 Å². The standard InChI is InChI=1S/C22H16N4O4/c1-14-16(11-7-13-19(14)26(28)29)21(27)23-18-12-6-5-10-17(18)22-24-20(25-30-22)15-8-3-2-4-9-15/h2-13H,1H3,(H,23,27). The number of nitrogens with zero attached hydrogens (tertiary/aromatic N) is 3. The molecule has 0 atom stereocenters. The van der Waals surface area contributed by atoms with Crippen LogP contribution in [0.1, 0.15) is 15.9 Å². The fourth-order valence-corrected chi connectivity index (χ4v) is 3.07. The maximum Gasteiger partial charge on any atom is 0.273 e. The largest absolute Gasteiger partial charge is 0.334 e. The van der Waals surface area contributed by atoms with Gasteiger partial charge in [-0.2, -0.15) is 4.98 Å². The van der Waals surface area contributed by atoms with Gasteiger partial charge in [0, 0.05) is 22.8 Å². The number of nitro benzene ring substituents is 1. The molecule has 0 aliphatic rings. The number of carbonyl (C=O) groups is 1. The zero-order valence-electron chi connectivity index (χ0n) is 15.9. The van der Waals surface area contributed by atoms with E-state index in [1.54, 1.807) is 37.3 Å². The van der Waals surface area contributed by atoms with Gasteiger partial charge in [0.05, 0.1) is 16.2 Å². The molecule has 0 bridgehead atoms. The predicted molar refractivity (Wildman–Crippen MR) is 111 cm³/mol. The molecule has 0 spiro atoms. The number of benzene rings is 3. The number of carbonyl (C=O) groups excluding carboxylic acids is 1. The maximum atomic E-state index is 12.8. The summed E-state index contributed by atoms with van der Waals surface area (Å²) in [6.07, 6.45) is 0. The second-order valence-corrected chi connectivity index (χ2v) is 6.50. The van der Waals surface area contributed by atoms with Crippen molar-refractivity contribution in [1.82, 2.24) is 10.1 Å². The van der Waals surface area contributed by atoms with Crippen molar-refractivity contribution in [3.05, 3.63) is 94.0 Å². The van der Waals surface area contributed by atoms with Crippen LogP contribution in [0.3, 0.4) is 0 Å². The molecule has 1 aromatic heterocycles. The highest BCUT2D eigenvalue weighted by molar-refractivity contribution is 6.07. The molecule has 0 aliphatic carbocycles. The Hall–Kier alpha value is -4.33. The molecule has 0 saturated carbocycles. The molecule has 0 aliphatic heterocycles. The molecule has 0 saturated heterocycles. The summed E-state index contributed by atoms with van der Waals surface area (Å²) in [6.45, 7) is 1.54. The summed E-state index contributed by atoms with van der Waals surface area (Å²) >= 11 is 0. The number of hydrogen-bond donors (Lipinski definition) is 1. The van der Waals surface area contributed by atoms with Crippen molar-refractivity contribution in [2.45, 2.75) is 6.92 Å². The Kier molecular flexibility index (Phi) is 5.04. The summed E-state index contributed by atoms with van der Waals surface area (Å²) in [7, 11) is 0. The van der Waals surface area contributed by atoms with Gasteiger partial charge in [-0.15, -0.1) is 0 Å². The number of hydrogen-bond acceptors (Lipinski definition) is 6. The average molecular weight is 400 g/mol. The molecular formula is C22H16N4O4. The average Bonchev–Trinajstić information content (AvgIpc) is 3.25. The van der Waals surface area contributed by atoms with Gasteiger partial charge >= 0.3 is 0 Å².